The summed E-state index contributed by atoms with van der Waals surface area (Å²) in [7, 11) is 3.53. The van der Waals surface area contributed by atoms with Crippen molar-refractivity contribution in [3.63, 3.8) is 0 Å². The van der Waals surface area contributed by atoms with Crippen LogP contribution in [0.25, 0.3) is 6.08 Å². The minimum atomic E-state index is -1.47. The van der Waals surface area contributed by atoms with E-state index in [1.165, 1.54) is 6.08 Å². The highest BCUT2D eigenvalue weighted by molar-refractivity contribution is 6.38. The zero-order chi connectivity index (χ0) is 14.3. The second-order valence-corrected chi connectivity index (χ2v) is 3.87. The van der Waals surface area contributed by atoms with Crippen LogP contribution in [0.15, 0.2) is 24.4 Å². The summed E-state index contributed by atoms with van der Waals surface area (Å²) in [4.78, 5) is 27.4. The molecule has 0 radical (unpaired) electrons. The first-order valence-corrected chi connectivity index (χ1v) is 5.66. The van der Waals surface area contributed by atoms with E-state index in [2.05, 4.69) is 4.98 Å². The Bertz CT molecular complexity index is 468. The first-order valence-electron chi connectivity index (χ1n) is 5.66. The second kappa shape index (κ2) is 7.27. The van der Waals surface area contributed by atoms with Crippen LogP contribution in [0, 0.1) is 0 Å². The Labute approximate surface area is 111 Å². The zero-order valence-electron chi connectivity index (χ0n) is 10.9. The number of ketones is 1. The molecule has 1 N–H and O–H groups in total. The average molecular weight is 264 g/mol. The van der Waals surface area contributed by atoms with E-state index < -0.39 is 11.8 Å². The van der Waals surface area contributed by atoms with Gasteiger partial charge in [0, 0.05) is 26.9 Å². The summed E-state index contributed by atoms with van der Waals surface area (Å²) in [6, 6.07) is 3.55. The van der Waals surface area contributed by atoms with Crippen LogP contribution in [-0.2, 0) is 14.3 Å². The van der Waals surface area contributed by atoms with Crippen molar-refractivity contribution in [1.82, 2.24) is 4.98 Å². The molecule has 1 rings (SSSR count). The predicted octanol–water partition coefficient (Wildman–Crippen LogP) is 0.831. The number of methoxy groups -OCH3 is 1. The fraction of sp³-hybridized carbons (Fsp3) is 0.308. The molecule has 0 aliphatic carbocycles. The summed E-state index contributed by atoms with van der Waals surface area (Å²) >= 11 is 0. The molecule has 0 aliphatic heterocycles. The van der Waals surface area contributed by atoms with Gasteiger partial charge in [-0.25, -0.2) is 9.78 Å². The van der Waals surface area contributed by atoms with Crippen LogP contribution in [-0.4, -0.2) is 49.2 Å². The molecule has 0 fully saturated rings. The molecule has 0 saturated carbocycles. The summed E-state index contributed by atoms with van der Waals surface area (Å²) in [5, 5.41) is 8.42. The van der Waals surface area contributed by atoms with Gasteiger partial charge in [-0.15, -0.1) is 0 Å². The molecule has 0 aromatic carbocycles. The Hall–Kier alpha value is -2.21. The summed E-state index contributed by atoms with van der Waals surface area (Å²) in [5.41, 5.74) is 0.665. The van der Waals surface area contributed by atoms with Crippen molar-refractivity contribution in [2.45, 2.75) is 0 Å². The Morgan fingerprint density at radius 2 is 2.21 bits per heavy atom. The maximum absolute atomic E-state index is 10.9. The number of carbonyl (C=O) groups excluding carboxylic acids is 1. The number of carboxylic acids is 1. The number of pyridine rings is 1. The van der Waals surface area contributed by atoms with Gasteiger partial charge in [-0.2, -0.15) is 0 Å². The maximum atomic E-state index is 10.9. The fourth-order valence-corrected chi connectivity index (χ4v) is 1.31. The smallest absolute Gasteiger partial charge is 0.376 e. The third kappa shape index (κ3) is 4.89. The lowest BCUT2D eigenvalue weighted by molar-refractivity contribution is -0.146. The second-order valence-electron chi connectivity index (χ2n) is 3.87. The highest BCUT2D eigenvalue weighted by Gasteiger charge is 2.06. The molecule has 0 amide bonds. The summed E-state index contributed by atoms with van der Waals surface area (Å²) < 4.78 is 4.97. The van der Waals surface area contributed by atoms with Gasteiger partial charge in [-0.3, -0.25) is 4.79 Å². The predicted molar refractivity (Wildman–Crippen MR) is 71.1 cm³/mol. The van der Waals surface area contributed by atoms with Crippen LogP contribution >= 0.6 is 0 Å². The van der Waals surface area contributed by atoms with Crippen molar-refractivity contribution >= 4 is 23.6 Å². The van der Waals surface area contributed by atoms with E-state index in [0.29, 0.717) is 12.2 Å². The fourth-order valence-electron chi connectivity index (χ4n) is 1.31. The SMILES string of the molecule is COCCN(C)c1ccc(/C=C/C(=O)C(=O)O)cn1. The van der Waals surface area contributed by atoms with Gasteiger partial charge in [0.1, 0.15) is 5.82 Å². The third-order valence-corrected chi connectivity index (χ3v) is 2.43. The van der Waals surface area contributed by atoms with Gasteiger partial charge in [0.25, 0.3) is 5.78 Å². The molecule has 0 unspecified atom stereocenters. The van der Waals surface area contributed by atoms with Gasteiger partial charge in [0.15, 0.2) is 0 Å². The summed E-state index contributed by atoms with van der Waals surface area (Å²) in [6.07, 6.45) is 4.00. The highest BCUT2D eigenvalue weighted by Crippen LogP contribution is 2.10. The topological polar surface area (TPSA) is 79.7 Å². The van der Waals surface area contributed by atoms with E-state index in [0.717, 1.165) is 18.4 Å². The molecule has 0 atom stereocenters. The monoisotopic (exact) mass is 264 g/mol. The van der Waals surface area contributed by atoms with Gasteiger partial charge < -0.3 is 14.7 Å². The quantitative estimate of drug-likeness (QED) is 0.580. The Morgan fingerprint density at radius 1 is 1.47 bits per heavy atom. The van der Waals surface area contributed by atoms with Crippen LogP contribution in [0.1, 0.15) is 5.56 Å². The van der Waals surface area contributed by atoms with Crippen LogP contribution in [0.4, 0.5) is 5.82 Å². The molecular formula is C13H16N2O4. The average Bonchev–Trinajstić information content (AvgIpc) is 2.42. The third-order valence-electron chi connectivity index (χ3n) is 2.43. The summed E-state index contributed by atoms with van der Waals surface area (Å²) in [6.45, 7) is 1.32. The van der Waals surface area contributed by atoms with Crippen molar-refractivity contribution < 1.29 is 19.4 Å². The van der Waals surface area contributed by atoms with Crippen molar-refractivity contribution in [2.75, 3.05) is 32.2 Å². The number of aromatic nitrogens is 1. The molecule has 1 aromatic rings. The van der Waals surface area contributed by atoms with Gasteiger partial charge in [-0.05, 0) is 29.8 Å². The number of carbonyl (C=O) groups is 2. The number of nitrogens with zero attached hydrogens (tertiary/aromatic N) is 2. The van der Waals surface area contributed by atoms with Crippen molar-refractivity contribution in [1.29, 1.82) is 0 Å². The van der Waals surface area contributed by atoms with E-state index in [4.69, 9.17) is 9.84 Å². The Morgan fingerprint density at radius 3 is 2.74 bits per heavy atom. The number of carboxylic acid groups (broad SMARTS) is 1. The van der Waals surface area contributed by atoms with E-state index in [1.807, 2.05) is 11.9 Å². The van der Waals surface area contributed by atoms with Crippen LogP contribution in [0.3, 0.4) is 0 Å². The molecule has 102 valence electrons. The minimum Gasteiger partial charge on any atom is -0.475 e. The number of likely N-dealkylation sites (N-methyl/N-ethyl adjacent to an activating group) is 1. The normalized spacial score (nSPS) is 10.6. The van der Waals surface area contributed by atoms with E-state index in [9.17, 15) is 9.59 Å². The Balaban J connectivity index is 2.66. The molecular weight excluding hydrogens is 248 g/mol. The maximum Gasteiger partial charge on any atom is 0.376 e. The first kappa shape index (κ1) is 14.8. The lowest BCUT2D eigenvalue weighted by Crippen LogP contribution is -2.22. The molecule has 6 heteroatoms. The van der Waals surface area contributed by atoms with E-state index in [1.54, 1.807) is 25.4 Å². The van der Waals surface area contributed by atoms with E-state index >= 15 is 0 Å². The molecule has 0 spiro atoms. The van der Waals surface area contributed by atoms with Gasteiger partial charge in [0.05, 0.1) is 6.61 Å². The molecule has 6 nitrogen and oxygen atoms in total. The van der Waals surface area contributed by atoms with Crippen LogP contribution < -0.4 is 4.90 Å². The van der Waals surface area contributed by atoms with Crippen LogP contribution in [0.2, 0.25) is 0 Å². The van der Waals surface area contributed by atoms with Crippen molar-refractivity contribution in [2.24, 2.45) is 0 Å². The largest absolute Gasteiger partial charge is 0.475 e. The van der Waals surface area contributed by atoms with Crippen LogP contribution in [0.5, 0.6) is 0 Å². The number of ether oxygens (including phenoxy) is 1. The number of rotatable bonds is 7. The van der Waals surface area contributed by atoms with Gasteiger partial charge in [0.2, 0.25) is 0 Å². The molecule has 0 saturated heterocycles. The number of anilines is 1. The molecule has 0 aliphatic rings. The van der Waals surface area contributed by atoms with E-state index in [-0.39, 0.29) is 0 Å². The summed E-state index contributed by atoms with van der Waals surface area (Å²) in [5.74, 6) is -1.65. The van der Waals surface area contributed by atoms with Gasteiger partial charge in [-0.1, -0.05) is 0 Å². The lowest BCUT2D eigenvalue weighted by Gasteiger charge is -2.17. The highest BCUT2D eigenvalue weighted by atomic mass is 16.5. The van der Waals surface area contributed by atoms with Crippen molar-refractivity contribution in [3.05, 3.63) is 30.0 Å². The molecule has 0 bridgehead atoms. The number of hydrogen-bond acceptors (Lipinski definition) is 5. The zero-order valence-corrected chi connectivity index (χ0v) is 10.9. The molecule has 1 aromatic heterocycles. The number of hydrogen-bond donors (Lipinski definition) is 1. The number of aliphatic carboxylic acids is 1. The molecule has 1 heterocycles. The Kier molecular flexibility index (Phi) is 5.69. The van der Waals surface area contributed by atoms with Crippen molar-refractivity contribution in [3.8, 4) is 0 Å². The first-order chi connectivity index (χ1) is 9.04. The standard InChI is InChI=1S/C13H16N2O4/c1-15(7-8-19-2)12-6-4-10(9-14-12)3-5-11(16)13(17)18/h3-6,9H,7-8H2,1-2H3,(H,17,18)/b5-3+. The van der Waals surface area contributed by atoms with Gasteiger partial charge >= 0.3 is 5.97 Å². The lowest BCUT2D eigenvalue weighted by atomic mass is 10.2. The minimum absolute atomic E-state index is 0.604. The molecule has 19 heavy (non-hydrogen) atoms.